The fourth-order valence-electron chi connectivity index (χ4n) is 1.70. The molecule has 0 aliphatic carbocycles. The van der Waals surface area contributed by atoms with Gasteiger partial charge in [0.1, 0.15) is 0 Å². The van der Waals surface area contributed by atoms with Crippen molar-refractivity contribution in [3.63, 3.8) is 0 Å². The van der Waals surface area contributed by atoms with Gasteiger partial charge in [0.05, 0.1) is 21.8 Å². The van der Waals surface area contributed by atoms with E-state index in [1.54, 1.807) is 12.1 Å². The molecule has 0 radical (unpaired) electrons. The van der Waals surface area contributed by atoms with Gasteiger partial charge in [0.25, 0.3) is 5.69 Å². The van der Waals surface area contributed by atoms with Gasteiger partial charge in [-0.05, 0) is 12.1 Å². The van der Waals surface area contributed by atoms with Crippen LogP contribution < -0.4 is 0 Å². The van der Waals surface area contributed by atoms with Crippen molar-refractivity contribution in [2.24, 2.45) is 0 Å². The van der Waals surface area contributed by atoms with Crippen molar-refractivity contribution in [2.75, 3.05) is 11.5 Å². The van der Waals surface area contributed by atoms with E-state index in [9.17, 15) is 18.5 Å². The zero-order chi connectivity index (χ0) is 13.3. The first-order valence-electron chi connectivity index (χ1n) is 5.13. The Morgan fingerprint density at radius 1 is 1.28 bits per heavy atom. The van der Waals surface area contributed by atoms with E-state index >= 15 is 0 Å². The van der Waals surface area contributed by atoms with E-state index in [1.165, 1.54) is 23.9 Å². The predicted octanol–water partition coefficient (Wildman–Crippen LogP) is 2.09. The van der Waals surface area contributed by atoms with Crippen LogP contribution in [0.25, 0.3) is 0 Å². The van der Waals surface area contributed by atoms with Gasteiger partial charge in [-0.15, -0.1) is 23.4 Å². The Morgan fingerprint density at radius 2 is 1.89 bits per heavy atom. The highest BCUT2D eigenvalue weighted by Gasteiger charge is 2.36. The van der Waals surface area contributed by atoms with Crippen molar-refractivity contribution in [1.82, 2.24) is 0 Å². The first kappa shape index (κ1) is 13.6. The zero-order valence-corrected chi connectivity index (χ0v) is 11.5. The third-order valence-corrected chi connectivity index (χ3v) is 6.65. The molecule has 18 heavy (non-hydrogen) atoms. The van der Waals surface area contributed by atoms with E-state index in [4.69, 9.17) is 11.6 Å². The minimum Gasteiger partial charge on any atom is -0.258 e. The molecular formula is C10H10ClNO4S2. The molecule has 0 unspecified atom stereocenters. The number of hydrogen-bond acceptors (Lipinski definition) is 5. The molecule has 0 bridgehead atoms. The Balaban J connectivity index is 2.08. The normalized spacial score (nSPS) is 26.1. The fourth-order valence-corrected chi connectivity index (χ4v) is 6.12. The smallest absolute Gasteiger partial charge is 0.258 e. The van der Waals surface area contributed by atoms with Crippen LogP contribution in [0, 0.1) is 10.1 Å². The van der Waals surface area contributed by atoms with Gasteiger partial charge in [-0.2, -0.15) is 0 Å². The molecular weight excluding hydrogens is 298 g/mol. The van der Waals surface area contributed by atoms with Gasteiger partial charge in [-0.25, -0.2) is 8.42 Å². The zero-order valence-electron chi connectivity index (χ0n) is 9.15. The minimum absolute atomic E-state index is 0.000790. The van der Waals surface area contributed by atoms with Gasteiger partial charge < -0.3 is 0 Å². The number of benzene rings is 1. The predicted molar refractivity (Wildman–Crippen MR) is 71.0 cm³/mol. The monoisotopic (exact) mass is 307 g/mol. The van der Waals surface area contributed by atoms with E-state index in [-0.39, 0.29) is 22.4 Å². The van der Waals surface area contributed by atoms with E-state index in [0.29, 0.717) is 0 Å². The highest BCUT2D eigenvalue weighted by atomic mass is 35.5. The largest absolute Gasteiger partial charge is 0.269 e. The summed E-state index contributed by atoms with van der Waals surface area (Å²) in [5, 5.41) is 9.89. The molecule has 1 aromatic rings. The lowest BCUT2D eigenvalue weighted by Gasteiger charge is -2.10. The van der Waals surface area contributed by atoms with Gasteiger partial charge in [-0.1, -0.05) is 0 Å². The Bertz CT molecular complexity index is 558. The summed E-state index contributed by atoms with van der Waals surface area (Å²) >= 11 is 7.33. The maximum atomic E-state index is 11.4. The van der Waals surface area contributed by atoms with Crippen LogP contribution >= 0.6 is 23.4 Å². The van der Waals surface area contributed by atoms with Crippen molar-refractivity contribution in [3.05, 3.63) is 34.4 Å². The van der Waals surface area contributed by atoms with Gasteiger partial charge in [0, 0.05) is 22.3 Å². The number of hydrogen-bond donors (Lipinski definition) is 0. The Hall–Kier alpha value is -0.790. The molecule has 0 aromatic heterocycles. The van der Waals surface area contributed by atoms with Crippen molar-refractivity contribution in [1.29, 1.82) is 0 Å². The molecule has 2 rings (SSSR count). The van der Waals surface area contributed by atoms with Crippen LogP contribution in [0.4, 0.5) is 5.69 Å². The van der Waals surface area contributed by atoms with Crippen molar-refractivity contribution < 1.29 is 13.3 Å². The molecule has 1 saturated heterocycles. The lowest BCUT2D eigenvalue weighted by atomic mass is 10.3. The van der Waals surface area contributed by atoms with E-state index in [0.717, 1.165) is 4.90 Å². The SMILES string of the molecule is O=[N+]([O-])c1ccc(S[C@H]2CS(=O)(=O)C[C@@H]2Cl)cc1. The number of nitro groups is 1. The van der Waals surface area contributed by atoms with Crippen molar-refractivity contribution in [3.8, 4) is 0 Å². The van der Waals surface area contributed by atoms with Crippen LogP contribution in [0.3, 0.4) is 0 Å². The summed E-state index contributed by atoms with van der Waals surface area (Å²) in [5.74, 6) is 0.0576. The molecule has 8 heteroatoms. The van der Waals surface area contributed by atoms with Gasteiger partial charge >= 0.3 is 0 Å². The number of halogens is 1. The summed E-state index contributed by atoms with van der Waals surface area (Å²) < 4.78 is 22.8. The molecule has 1 heterocycles. The van der Waals surface area contributed by atoms with E-state index in [1.807, 2.05) is 0 Å². The summed E-state index contributed by atoms with van der Waals surface area (Å²) in [5.41, 5.74) is 0.0146. The second kappa shape index (κ2) is 5.07. The van der Waals surface area contributed by atoms with Crippen LogP contribution in [0.2, 0.25) is 0 Å². The Kier molecular flexibility index (Phi) is 3.84. The van der Waals surface area contributed by atoms with Crippen LogP contribution in [0.5, 0.6) is 0 Å². The molecule has 0 N–H and O–H groups in total. The number of nitro benzene ring substituents is 1. The number of alkyl halides is 1. The molecule has 5 nitrogen and oxygen atoms in total. The number of thioether (sulfide) groups is 1. The standard InChI is InChI=1S/C10H10ClNO4S2/c11-9-5-18(15,16)6-10(9)17-8-3-1-7(2-4-8)12(13)14/h1-4,9-10H,5-6H2/t9-,10-/m0/s1. The average molecular weight is 308 g/mol. The molecule has 2 atom stereocenters. The third kappa shape index (κ3) is 3.15. The van der Waals surface area contributed by atoms with Crippen molar-refractivity contribution >= 4 is 38.9 Å². The third-order valence-electron chi connectivity index (χ3n) is 2.57. The first-order chi connectivity index (χ1) is 8.37. The van der Waals surface area contributed by atoms with Crippen LogP contribution in [0.1, 0.15) is 0 Å². The fraction of sp³-hybridized carbons (Fsp3) is 0.400. The average Bonchev–Trinajstić information content (AvgIpc) is 2.52. The highest BCUT2D eigenvalue weighted by Crippen LogP contribution is 2.34. The van der Waals surface area contributed by atoms with Gasteiger partial charge in [0.2, 0.25) is 0 Å². The van der Waals surface area contributed by atoms with E-state index < -0.39 is 20.1 Å². The first-order valence-corrected chi connectivity index (χ1v) is 8.27. The molecule has 1 aliphatic rings. The van der Waals surface area contributed by atoms with Crippen molar-refractivity contribution in [2.45, 2.75) is 15.5 Å². The maximum absolute atomic E-state index is 11.4. The summed E-state index contributed by atoms with van der Waals surface area (Å²) in [6.45, 7) is 0. The second-order valence-corrected chi connectivity index (χ2v) is 8.03. The summed E-state index contributed by atoms with van der Waals surface area (Å²) in [6, 6.07) is 6.01. The topological polar surface area (TPSA) is 77.3 Å². The van der Waals surface area contributed by atoms with E-state index in [2.05, 4.69) is 0 Å². The Labute approximate surface area is 114 Å². The molecule has 0 saturated carbocycles. The second-order valence-electron chi connectivity index (χ2n) is 4.00. The highest BCUT2D eigenvalue weighted by molar-refractivity contribution is 8.02. The lowest BCUT2D eigenvalue weighted by molar-refractivity contribution is -0.384. The lowest BCUT2D eigenvalue weighted by Crippen LogP contribution is -2.13. The van der Waals surface area contributed by atoms with Crippen LogP contribution in [0.15, 0.2) is 29.2 Å². The summed E-state index contributed by atoms with van der Waals surface area (Å²) in [4.78, 5) is 10.8. The molecule has 1 aliphatic heterocycles. The number of rotatable bonds is 3. The minimum atomic E-state index is -3.05. The Morgan fingerprint density at radius 3 is 2.33 bits per heavy atom. The number of non-ortho nitro benzene ring substituents is 1. The molecule has 1 aromatic carbocycles. The molecule has 0 amide bonds. The van der Waals surface area contributed by atoms with Crippen LogP contribution in [-0.4, -0.2) is 35.5 Å². The summed E-state index contributed by atoms with van der Waals surface area (Å²) in [7, 11) is -3.05. The maximum Gasteiger partial charge on any atom is 0.269 e. The number of sulfone groups is 1. The van der Waals surface area contributed by atoms with Gasteiger partial charge in [-0.3, -0.25) is 10.1 Å². The molecule has 0 spiro atoms. The number of nitrogens with zero attached hydrogens (tertiary/aromatic N) is 1. The molecule has 98 valence electrons. The quantitative estimate of drug-likeness (QED) is 0.485. The molecule has 1 fully saturated rings. The summed E-state index contributed by atoms with van der Waals surface area (Å²) in [6.07, 6.45) is 0. The van der Waals surface area contributed by atoms with Crippen LogP contribution in [-0.2, 0) is 9.84 Å². The van der Waals surface area contributed by atoms with Gasteiger partial charge in [0.15, 0.2) is 9.84 Å².